The lowest BCUT2D eigenvalue weighted by atomic mass is 10.1. The van der Waals surface area contributed by atoms with Crippen LogP contribution in [0.3, 0.4) is 0 Å². The lowest BCUT2D eigenvalue weighted by Gasteiger charge is -2.16. The monoisotopic (exact) mass is 407 g/mol. The van der Waals surface area contributed by atoms with Gasteiger partial charge in [0.1, 0.15) is 0 Å². The van der Waals surface area contributed by atoms with Crippen molar-refractivity contribution >= 4 is 15.7 Å². The molecule has 0 amide bonds. The second kappa shape index (κ2) is 8.35. The molecule has 0 radical (unpaired) electrons. The maximum atomic E-state index is 12.9. The molecule has 2 N–H and O–H groups in total. The summed E-state index contributed by atoms with van der Waals surface area (Å²) in [5.41, 5.74) is 5.45. The van der Waals surface area contributed by atoms with Gasteiger partial charge in [-0.3, -0.25) is 4.98 Å². The molecule has 0 aliphatic heterocycles. The van der Waals surface area contributed by atoms with Crippen LogP contribution in [0, 0.1) is 0 Å². The van der Waals surface area contributed by atoms with E-state index in [1.807, 2.05) is 30.5 Å². The number of aromatic nitrogens is 1. The van der Waals surface area contributed by atoms with Gasteiger partial charge < -0.3 is 5.32 Å². The molecular weight excluding hydrogens is 382 g/mol. The number of pyridine rings is 1. The number of sulfonamides is 1. The Labute approximate surface area is 172 Å². The van der Waals surface area contributed by atoms with E-state index in [2.05, 4.69) is 40.1 Å². The van der Waals surface area contributed by atoms with Crippen molar-refractivity contribution in [3.8, 4) is 0 Å². The third-order valence-corrected chi connectivity index (χ3v) is 6.87. The Kier molecular flexibility index (Phi) is 5.65. The predicted molar refractivity (Wildman–Crippen MR) is 115 cm³/mol. The van der Waals surface area contributed by atoms with Crippen LogP contribution in [0.15, 0.2) is 71.9 Å². The number of nitrogens with one attached hydrogen (secondary N) is 2. The molecule has 0 saturated heterocycles. The van der Waals surface area contributed by atoms with Gasteiger partial charge >= 0.3 is 0 Å². The van der Waals surface area contributed by atoms with Gasteiger partial charge in [-0.2, -0.15) is 0 Å². The quantitative estimate of drug-likeness (QED) is 0.615. The topological polar surface area (TPSA) is 71.1 Å². The molecule has 4 rings (SSSR count). The minimum absolute atomic E-state index is 0.207. The maximum Gasteiger partial charge on any atom is 0.241 e. The Morgan fingerprint density at radius 1 is 1.07 bits per heavy atom. The van der Waals surface area contributed by atoms with Crippen LogP contribution in [0.5, 0.6) is 0 Å². The van der Waals surface area contributed by atoms with Crippen molar-refractivity contribution in [1.82, 2.24) is 9.71 Å². The largest absolute Gasteiger partial charge is 0.381 e. The number of benzene rings is 2. The molecule has 29 heavy (non-hydrogen) atoms. The molecule has 0 saturated carbocycles. The van der Waals surface area contributed by atoms with E-state index in [4.69, 9.17) is 0 Å². The molecule has 1 aliphatic rings. The Bertz CT molecular complexity index is 1080. The molecule has 1 atom stereocenters. The maximum absolute atomic E-state index is 12.9. The summed E-state index contributed by atoms with van der Waals surface area (Å²) >= 11 is 0. The van der Waals surface area contributed by atoms with Crippen LogP contribution in [-0.2, 0) is 29.4 Å². The molecule has 3 aromatic rings. The fraction of sp³-hybridized carbons (Fsp3) is 0.261. The number of anilines is 1. The van der Waals surface area contributed by atoms with Gasteiger partial charge in [-0.15, -0.1) is 0 Å². The number of fused-ring (bicyclic) bond motifs is 1. The fourth-order valence-electron chi connectivity index (χ4n) is 3.70. The van der Waals surface area contributed by atoms with E-state index in [-0.39, 0.29) is 6.04 Å². The first kappa shape index (κ1) is 19.6. The van der Waals surface area contributed by atoms with Crippen LogP contribution in [0.2, 0.25) is 0 Å². The van der Waals surface area contributed by atoms with Gasteiger partial charge in [0.15, 0.2) is 0 Å². The van der Waals surface area contributed by atoms with E-state index in [1.165, 1.54) is 5.56 Å². The fourth-order valence-corrected chi connectivity index (χ4v) is 4.95. The van der Waals surface area contributed by atoms with E-state index in [9.17, 15) is 8.42 Å². The lowest BCUT2D eigenvalue weighted by Crippen LogP contribution is -2.27. The first-order valence-electron chi connectivity index (χ1n) is 9.92. The zero-order valence-electron chi connectivity index (χ0n) is 16.4. The lowest BCUT2D eigenvalue weighted by molar-refractivity contribution is 0.554. The Hall–Kier alpha value is -2.70. The van der Waals surface area contributed by atoms with Gasteiger partial charge in [0, 0.05) is 30.7 Å². The van der Waals surface area contributed by atoms with Crippen LogP contribution in [0.4, 0.5) is 5.69 Å². The van der Waals surface area contributed by atoms with Crippen LogP contribution < -0.4 is 10.0 Å². The predicted octanol–water partition coefficient (Wildman–Crippen LogP) is 4.22. The van der Waals surface area contributed by atoms with E-state index in [1.54, 1.807) is 18.3 Å². The van der Waals surface area contributed by atoms with E-state index >= 15 is 0 Å². The highest BCUT2D eigenvalue weighted by Gasteiger charge is 2.27. The Balaban J connectivity index is 1.49. The van der Waals surface area contributed by atoms with Gasteiger partial charge in [0.05, 0.1) is 4.90 Å². The summed E-state index contributed by atoms with van der Waals surface area (Å²) in [4.78, 5) is 4.44. The minimum atomic E-state index is -3.56. The summed E-state index contributed by atoms with van der Waals surface area (Å²) in [5, 5.41) is 3.40. The van der Waals surface area contributed by atoms with Gasteiger partial charge in [-0.25, -0.2) is 13.1 Å². The SMILES string of the molecule is CCc1ccc(S(=O)(=O)NC2CCc3ccc(NCc4cccnc4)cc32)cc1. The van der Waals surface area contributed by atoms with Gasteiger partial charge in [-0.05, 0) is 71.8 Å². The number of hydrogen-bond acceptors (Lipinski definition) is 4. The Morgan fingerprint density at radius 2 is 1.90 bits per heavy atom. The van der Waals surface area contributed by atoms with Gasteiger partial charge in [-0.1, -0.05) is 31.2 Å². The van der Waals surface area contributed by atoms with Crippen LogP contribution in [-0.4, -0.2) is 13.4 Å². The molecule has 150 valence electrons. The molecule has 1 aromatic heterocycles. The van der Waals surface area contributed by atoms with Crippen molar-refractivity contribution in [2.75, 3.05) is 5.32 Å². The number of nitrogens with zero attached hydrogens (tertiary/aromatic N) is 1. The number of hydrogen-bond donors (Lipinski definition) is 2. The highest BCUT2D eigenvalue weighted by Crippen LogP contribution is 2.34. The third-order valence-electron chi connectivity index (χ3n) is 5.38. The molecule has 1 heterocycles. The minimum Gasteiger partial charge on any atom is -0.381 e. The summed E-state index contributed by atoms with van der Waals surface area (Å²) < 4.78 is 28.6. The van der Waals surface area contributed by atoms with Crippen molar-refractivity contribution < 1.29 is 8.42 Å². The summed E-state index contributed by atoms with van der Waals surface area (Å²) in [5.74, 6) is 0. The second-order valence-corrected chi connectivity index (χ2v) is 9.05. The van der Waals surface area contributed by atoms with Crippen molar-refractivity contribution in [1.29, 1.82) is 0 Å². The average Bonchev–Trinajstić information content (AvgIpc) is 3.14. The molecule has 1 aliphatic carbocycles. The van der Waals surface area contributed by atoms with Crippen molar-refractivity contribution in [3.05, 3.63) is 89.2 Å². The molecule has 2 aromatic carbocycles. The Morgan fingerprint density at radius 3 is 2.62 bits per heavy atom. The van der Waals surface area contributed by atoms with Gasteiger partial charge in [0.25, 0.3) is 0 Å². The van der Waals surface area contributed by atoms with Crippen molar-refractivity contribution in [2.45, 2.75) is 43.7 Å². The first-order valence-corrected chi connectivity index (χ1v) is 11.4. The van der Waals surface area contributed by atoms with Crippen molar-refractivity contribution in [3.63, 3.8) is 0 Å². The zero-order valence-corrected chi connectivity index (χ0v) is 17.2. The molecule has 0 bridgehead atoms. The zero-order chi connectivity index (χ0) is 20.3. The van der Waals surface area contributed by atoms with Crippen LogP contribution in [0.1, 0.15) is 41.6 Å². The summed E-state index contributed by atoms with van der Waals surface area (Å²) in [6.07, 6.45) is 6.12. The molecule has 1 unspecified atom stereocenters. The second-order valence-electron chi connectivity index (χ2n) is 7.34. The van der Waals surface area contributed by atoms with E-state index < -0.39 is 10.0 Å². The summed E-state index contributed by atoms with van der Waals surface area (Å²) in [7, 11) is -3.56. The molecule has 5 nitrogen and oxygen atoms in total. The van der Waals surface area contributed by atoms with Crippen molar-refractivity contribution in [2.24, 2.45) is 0 Å². The molecule has 0 spiro atoms. The molecule has 6 heteroatoms. The van der Waals surface area contributed by atoms with E-state index in [0.29, 0.717) is 11.4 Å². The third kappa shape index (κ3) is 4.49. The number of rotatable bonds is 7. The van der Waals surface area contributed by atoms with Crippen LogP contribution in [0.25, 0.3) is 0 Å². The normalized spacial score (nSPS) is 15.8. The summed E-state index contributed by atoms with van der Waals surface area (Å²) in [6, 6.07) is 17.0. The summed E-state index contributed by atoms with van der Waals surface area (Å²) in [6.45, 7) is 2.73. The molecular formula is C23H25N3O2S. The average molecular weight is 408 g/mol. The highest BCUT2D eigenvalue weighted by atomic mass is 32.2. The van der Waals surface area contributed by atoms with Crippen LogP contribution >= 0.6 is 0 Å². The first-order chi connectivity index (χ1) is 14.0. The molecule has 0 fully saturated rings. The highest BCUT2D eigenvalue weighted by molar-refractivity contribution is 7.89. The van der Waals surface area contributed by atoms with E-state index in [0.717, 1.165) is 41.6 Å². The standard InChI is InChI=1S/C23H25N3O2S/c1-2-17-5-10-21(11-6-17)29(27,28)26-23-12-8-19-7-9-20(14-22(19)23)25-16-18-4-3-13-24-15-18/h3-7,9-11,13-15,23,25-26H,2,8,12,16H2,1H3. The number of aryl methyl sites for hydroxylation is 2. The van der Waals surface area contributed by atoms with Gasteiger partial charge in [0.2, 0.25) is 10.0 Å². The smallest absolute Gasteiger partial charge is 0.241 e.